The molecule has 1 amide bonds. The van der Waals surface area contributed by atoms with E-state index in [1.165, 1.54) is 19.3 Å². The largest absolute Gasteiger partial charge is 0.394 e. The van der Waals surface area contributed by atoms with Gasteiger partial charge in [0.1, 0.15) is 0 Å². The molecule has 0 aromatic carbocycles. The Bertz CT molecular complexity index is 172. The average Bonchev–Trinajstić information content (AvgIpc) is 2.26. The van der Waals surface area contributed by atoms with E-state index < -0.39 is 0 Å². The van der Waals surface area contributed by atoms with Crippen LogP contribution in [-0.4, -0.2) is 23.7 Å². The lowest BCUT2D eigenvalue weighted by atomic mass is 9.88. The van der Waals surface area contributed by atoms with Crippen molar-refractivity contribution in [1.29, 1.82) is 0 Å². The van der Waals surface area contributed by atoms with Crippen LogP contribution in [0.1, 0.15) is 45.4 Å². The highest BCUT2D eigenvalue weighted by molar-refractivity contribution is 5.79. The maximum absolute atomic E-state index is 11.7. The van der Waals surface area contributed by atoms with E-state index in [1.807, 2.05) is 6.92 Å². The highest BCUT2D eigenvalue weighted by atomic mass is 16.3. The summed E-state index contributed by atoms with van der Waals surface area (Å²) in [7, 11) is 0. The Morgan fingerprint density at radius 3 is 2.57 bits per heavy atom. The first-order chi connectivity index (χ1) is 6.77. The van der Waals surface area contributed by atoms with Crippen molar-refractivity contribution in [2.75, 3.05) is 6.61 Å². The van der Waals surface area contributed by atoms with Gasteiger partial charge in [0.05, 0.1) is 12.6 Å². The lowest BCUT2D eigenvalue weighted by Gasteiger charge is -2.23. The van der Waals surface area contributed by atoms with Crippen LogP contribution in [0.3, 0.4) is 0 Å². The minimum atomic E-state index is -0.0515. The lowest BCUT2D eigenvalue weighted by Crippen LogP contribution is -2.41. The summed E-state index contributed by atoms with van der Waals surface area (Å²) < 4.78 is 0. The molecule has 1 fully saturated rings. The van der Waals surface area contributed by atoms with Gasteiger partial charge in [-0.1, -0.05) is 26.2 Å². The number of hydrogen-bond acceptors (Lipinski definition) is 2. The van der Waals surface area contributed by atoms with Crippen molar-refractivity contribution in [3.8, 4) is 0 Å². The summed E-state index contributed by atoms with van der Waals surface area (Å²) in [6.07, 6.45) is 6.46. The zero-order valence-electron chi connectivity index (χ0n) is 8.96. The molecule has 0 aromatic rings. The Morgan fingerprint density at radius 2 is 2.07 bits per heavy atom. The molecule has 0 heterocycles. The highest BCUT2D eigenvalue weighted by Gasteiger charge is 2.22. The van der Waals surface area contributed by atoms with Gasteiger partial charge in [-0.3, -0.25) is 4.79 Å². The fourth-order valence-corrected chi connectivity index (χ4v) is 1.96. The van der Waals surface area contributed by atoms with Gasteiger partial charge in [-0.05, 0) is 19.3 Å². The first kappa shape index (κ1) is 11.5. The molecule has 0 aromatic heterocycles. The molecular weight excluding hydrogens is 178 g/mol. The summed E-state index contributed by atoms with van der Waals surface area (Å²) in [5.74, 6) is 0.343. The standard InChI is InChI=1S/C11H21NO2/c1-2-10(8-13)12-11(14)9-6-4-3-5-7-9/h9-10,13H,2-8H2,1H3,(H,12,14)/t10-/m1/s1. The number of aliphatic hydroxyl groups is 1. The summed E-state index contributed by atoms with van der Waals surface area (Å²) in [5.41, 5.74) is 0. The summed E-state index contributed by atoms with van der Waals surface area (Å²) >= 11 is 0. The van der Waals surface area contributed by atoms with Crippen molar-refractivity contribution in [3.05, 3.63) is 0 Å². The molecule has 3 nitrogen and oxygen atoms in total. The molecule has 1 atom stereocenters. The molecule has 0 spiro atoms. The Labute approximate surface area is 85.9 Å². The van der Waals surface area contributed by atoms with Gasteiger partial charge in [-0.15, -0.1) is 0 Å². The van der Waals surface area contributed by atoms with E-state index in [0.29, 0.717) is 0 Å². The van der Waals surface area contributed by atoms with Crippen LogP contribution in [0.15, 0.2) is 0 Å². The quantitative estimate of drug-likeness (QED) is 0.720. The Balaban J connectivity index is 2.32. The van der Waals surface area contributed by atoms with E-state index in [1.54, 1.807) is 0 Å². The maximum Gasteiger partial charge on any atom is 0.223 e. The second-order valence-electron chi connectivity index (χ2n) is 4.13. The zero-order chi connectivity index (χ0) is 10.4. The molecule has 14 heavy (non-hydrogen) atoms. The molecule has 3 heteroatoms. The van der Waals surface area contributed by atoms with Gasteiger partial charge in [0.15, 0.2) is 0 Å². The second-order valence-corrected chi connectivity index (χ2v) is 4.13. The number of nitrogens with one attached hydrogen (secondary N) is 1. The van der Waals surface area contributed by atoms with Crippen LogP contribution in [0, 0.1) is 5.92 Å². The number of rotatable bonds is 4. The average molecular weight is 199 g/mol. The summed E-state index contributed by atoms with van der Waals surface area (Å²) in [5, 5.41) is 11.9. The number of aliphatic hydroxyl groups excluding tert-OH is 1. The monoisotopic (exact) mass is 199 g/mol. The third-order valence-electron chi connectivity index (χ3n) is 3.04. The van der Waals surface area contributed by atoms with Gasteiger partial charge in [-0.25, -0.2) is 0 Å². The first-order valence-corrected chi connectivity index (χ1v) is 5.69. The fourth-order valence-electron chi connectivity index (χ4n) is 1.96. The van der Waals surface area contributed by atoms with Gasteiger partial charge >= 0.3 is 0 Å². The van der Waals surface area contributed by atoms with Crippen molar-refractivity contribution in [2.24, 2.45) is 5.92 Å². The molecule has 1 aliphatic rings. The van der Waals surface area contributed by atoms with Crippen molar-refractivity contribution in [1.82, 2.24) is 5.32 Å². The van der Waals surface area contributed by atoms with Crippen LogP contribution in [0.4, 0.5) is 0 Å². The SMILES string of the molecule is CC[C@H](CO)NC(=O)C1CCCCC1. The van der Waals surface area contributed by atoms with Crippen molar-refractivity contribution < 1.29 is 9.90 Å². The molecule has 0 bridgehead atoms. The van der Waals surface area contributed by atoms with Gasteiger partial charge in [-0.2, -0.15) is 0 Å². The molecule has 0 radical (unpaired) electrons. The van der Waals surface area contributed by atoms with Crippen LogP contribution in [-0.2, 0) is 4.79 Å². The number of carbonyl (C=O) groups excluding carboxylic acids is 1. The molecule has 1 saturated carbocycles. The molecule has 1 rings (SSSR count). The van der Waals surface area contributed by atoms with Crippen molar-refractivity contribution in [3.63, 3.8) is 0 Å². The first-order valence-electron chi connectivity index (χ1n) is 5.69. The number of carbonyl (C=O) groups is 1. The summed E-state index contributed by atoms with van der Waals surface area (Å²) in [6, 6.07) is -0.0515. The van der Waals surface area contributed by atoms with Crippen LogP contribution in [0.5, 0.6) is 0 Å². The zero-order valence-corrected chi connectivity index (χ0v) is 8.96. The van der Waals surface area contributed by atoms with Crippen molar-refractivity contribution >= 4 is 5.91 Å². The van der Waals surface area contributed by atoms with Crippen LogP contribution in [0.25, 0.3) is 0 Å². The predicted octanol–water partition coefficient (Wildman–Crippen LogP) is 1.45. The normalized spacial score (nSPS) is 20.4. The van der Waals surface area contributed by atoms with Gasteiger partial charge in [0.2, 0.25) is 5.91 Å². The van der Waals surface area contributed by atoms with E-state index in [9.17, 15) is 4.79 Å². The van der Waals surface area contributed by atoms with Crippen LogP contribution >= 0.6 is 0 Å². The topological polar surface area (TPSA) is 49.3 Å². The fraction of sp³-hybridized carbons (Fsp3) is 0.909. The van der Waals surface area contributed by atoms with Crippen molar-refractivity contribution in [2.45, 2.75) is 51.5 Å². The summed E-state index contributed by atoms with van der Waals surface area (Å²) in [4.78, 5) is 11.7. The van der Waals surface area contributed by atoms with Crippen LogP contribution < -0.4 is 5.32 Å². The third-order valence-corrected chi connectivity index (χ3v) is 3.04. The molecule has 82 valence electrons. The predicted molar refractivity (Wildman–Crippen MR) is 55.9 cm³/mol. The Morgan fingerprint density at radius 1 is 1.43 bits per heavy atom. The number of amides is 1. The molecule has 0 aliphatic heterocycles. The van der Waals surface area contributed by atoms with Gasteiger partial charge < -0.3 is 10.4 Å². The Kier molecular flexibility index (Phi) is 4.94. The molecule has 0 saturated heterocycles. The maximum atomic E-state index is 11.7. The second kappa shape index (κ2) is 6.02. The minimum Gasteiger partial charge on any atom is -0.394 e. The van der Waals surface area contributed by atoms with E-state index in [4.69, 9.17) is 5.11 Å². The van der Waals surface area contributed by atoms with E-state index in [-0.39, 0.29) is 24.5 Å². The molecule has 2 N–H and O–H groups in total. The van der Waals surface area contributed by atoms with Gasteiger partial charge in [0.25, 0.3) is 0 Å². The van der Waals surface area contributed by atoms with Crippen LogP contribution in [0.2, 0.25) is 0 Å². The minimum absolute atomic E-state index is 0.0506. The van der Waals surface area contributed by atoms with E-state index in [0.717, 1.165) is 19.3 Å². The highest BCUT2D eigenvalue weighted by Crippen LogP contribution is 2.23. The molecule has 0 unspecified atom stereocenters. The van der Waals surface area contributed by atoms with E-state index >= 15 is 0 Å². The lowest BCUT2D eigenvalue weighted by molar-refractivity contribution is -0.127. The molecule has 1 aliphatic carbocycles. The Hall–Kier alpha value is -0.570. The molecular formula is C11H21NO2. The number of hydrogen-bond donors (Lipinski definition) is 2. The summed E-state index contributed by atoms with van der Waals surface area (Å²) in [6.45, 7) is 2.02. The third kappa shape index (κ3) is 3.29. The van der Waals surface area contributed by atoms with Gasteiger partial charge in [0, 0.05) is 5.92 Å². The smallest absolute Gasteiger partial charge is 0.223 e. The van der Waals surface area contributed by atoms with E-state index in [2.05, 4.69) is 5.32 Å².